The first kappa shape index (κ1) is 14.9. The van der Waals surface area contributed by atoms with Gasteiger partial charge in [-0.05, 0) is 12.0 Å². The molecule has 0 heterocycles. The highest BCUT2D eigenvalue weighted by Crippen LogP contribution is 2.47. The molecule has 0 bridgehead atoms. The molecule has 1 atom stereocenters. The third kappa shape index (κ3) is 2.35. The molecule has 0 saturated heterocycles. The second kappa shape index (κ2) is 4.85. The van der Waals surface area contributed by atoms with Crippen LogP contribution >= 0.6 is 0 Å². The summed E-state index contributed by atoms with van der Waals surface area (Å²) in [5.74, 6) is -4.42. The minimum absolute atomic E-state index is 0.0321. The Morgan fingerprint density at radius 2 is 1.50 bits per heavy atom. The van der Waals surface area contributed by atoms with Crippen LogP contribution in [0.3, 0.4) is 0 Å². The van der Waals surface area contributed by atoms with Crippen molar-refractivity contribution in [2.24, 2.45) is 0 Å². The van der Waals surface area contributed by atoms with Crippen LogP contribution in [-0.4, -0.2) is 22.2 Å². The Morgan fingerprint density at radius 1 is 1.00 bits per heavy atom. The standard InChI is InChI=1S/C12H14F4O2/c1-2-8-10(13,9-6-4-3-5-7-9)11(17,18)12(14,15)16/h3-7,17-18H,2,8H2,1H3. The molecule has 0 aliphatic heterocycles. The van der Waals surface area contributed by atoms with Crippen LogP contribution in [0.15, 0.2) is 30.3 Å². The predicted octanol–water partition coefficient (Wildman–Crippen LogP) is 2.89. The van der Waals surface area contributed by atoms with Crippen molar-refractivity contribution in [1.82, 2.24) is 0 Å². The number of hydrogen-bond acceptors (Lipinski definition) is 2. The Bertz CT molecular complexity index is 389. The molecule has 1 unspecified atom stereocenters. The lowest BCUT2D eigenvalue weighted by atomic mass is 9.83. The lowest BCUT2D eigenvalue weighted by molar-refractivity contribution is -0.397. The Morgan fingerprint density at radius 3 is 1.89 bits per heavy atom. The van der Waals surface area contributed by atoms with Gasteiger partial charge >= 0.3 is 12.0 Å². The van der Waals surface area contributed by atoms with Crippen molar-refractivity contribution in [3.05, 3.63) is 35.9 Å². The van der Waals surface area contributed by atoms with Gasteiger partial charge in [-0.3, -0.25) is 0 Å². The van der Waals surface area contributed by atoms with Gasteiger partial charge in [0.05, 0.1) is 0 Å². The largest absolute Gasteiger partial charge is 0.446 e. The summed E-state index contributed by atoms with van der Waals surface area (Å²) in [7, 11) is 0. The van der Waals surface area contributed by atoms with Crippen LogP contribution in [0.25, 0.3) is 0 Å². The summed E-state index contributed by atoms with van der Waals surface area (Å²) in [6, 6.07) is 6.38. The third-order valence-corrected chi connectivity index (χ3v) is 2.77. The van der Waals surface area contributed by atoms with Crippen molar-refractivity contribution in [3.63, 3.8) is 0 Å². The van der Waals surface area contributed by atoms with Crippen LogP contribution in [0.1, 0.15) is 25.3 Å². The van der Waals surface area contributed by atoms with Crippen LogP contribution in [0.2, 0.25) is 0 Å². The zero-order chi connectivity index (χ0) is 14.0. The summed E-state index contributed by atoms with van der Waals surface area (Å²) in [5.41, 5.74) is -3.70. The number of alkyl halides is 4. The maximum Gasteiger partial charge on any atom is 0.446 e. The molecule has 1 rings (SSSR count). The number of rotatable bonds is 4. The van der Waals surface area contributed by atoms with Gasteiger partial charge in [0.15, 0.2) is 5.67 Å². The summed E-state index contributed by atoms with van der Waals surface area (Å²) < 4.78 is 52.4. The quantitative estimate of drug-likeness (QED) is 0.650. The first-order valence-corrected chi connectivity index (χ1v) is 5.42. The van der Waals surface area contributed by atoms with Gasteiger partial charge in [-0.15, -0.1) is 0 Å². The van der Waals surface area contributed by atoms with Gasteiger partial charge in [0, 0.05) is 0 Å². The first-order valence-electron chi connectivity index (χ1n) is 5.42. The molecule has 1 aromatic carbocycles. The maximum absolute atomic E-state index is 14.6. The smallest absolute Gasteiger partial charge is 0.356 e. The van der Waals surface area contributed by atoms with E-state index in [4.69, 9.17) is 0 Å². The molecule has 2 nitrogen and oxygen atoms in total. The van der Waals surface area contributed by atoms with Gasteiger partial charge in [0.2, 0.25) is 0 Å². The number of aliphatic hydroxyl groups is 2. The summed E-state index contributed by atoms with van der Waals surface area (Å²) in [6.07, 6.45) is -6.10. The molecule has 18 heavy (non-hydrogen) atoms. The minimum atomic E-state index is -5.48. The third-order valence-electron chi connectivity index (χ3n) is 2.77. The lowest BCUT2D eigenvalue weighted by Crippen LogP contribution is -2.59. The highest BCUT2D eigenvalue weighted by molar-refractivity contribution is 5.26. The zero-order valence-corrected chi connectivity index (χ0v) is 9.71. The molecule has 0 aliphatic rings. The highest BCUT2D eigenvalue weighted by atomic mass is 19.4. The van der Waals surface area contributed by atoms with Gasteiger partial charge in [0.25, 0.3) is 0 Å². The number of benzene rings is 1. The molecule has 0 spiro atoms. The van der Waals surface area contributed by atoms with Crippen molar-refractivity contribution < 1.29 is 27.8 Å². The summed E-state index contributed by atoms with van der Waals surface area (Å²) >= 11 is 0. The van der Waals surface area contributed by atoms with Crippen molar-refractivity contribution in [3.8, 4) is 0 Å². The SMILES string of the molecule is CCCC(F)(c1ccccc1)C(O)(O)C(F)(F)F. The fourth-order valence-electron chi connectivity index (χ4n) is 1.79. The second-order valence-electron chi connectivity index (χ2n) is 4.09. The summed E-state index contributed by atoms with van der Waals surface area (Å²) in [6.45, 7) is 1.46. The molecular formula is C12H14F4O2. The Balaban J connectivity index is 3.33. The van der Waals surface area contributed by atoms with E-state index in [2.05, 4.69) is 0 Å². The van der Waals surface area contributed by atoms with Gasteiger partial charge in [-0.1, -0.05) is 43.7 Å². The molecule has 0 fully saturated rings. The fourth-order valence-corrected chi connectivity index (χ4v) is 1.79. The molecule has 0 amide bonds. The van der Waals surface area contributed by atoms with Crippen molar-refractivity contribution in [1.29, 1.82) is 0 Å². The lowest BCUT2D eigenvalue weighted by Gasteiger charge is -2.38. The summed E-state index contributed by atoms with van der Waals surface area (Å²) in [5, 5.41) is 18.4. The van der Waals surface area contributed by atoms with E-state index < -0.39 is 29.6 Å². The summed E-state index contributed by atoms with van der Waals surface area (Å²) in [4.78, 5) is 0. The second-order valence-corrected chi connectivity index (χ2v) is 4.09. The van der Waals surface area contributed by atoms with E-state index in [1.54, 1.807) is 0 Å². The van der Waals surface area contributed by atoms with Crippen LogP contribution in [-0.2, 0) is 5.67 Å². The van der Waals surface area contributed by atoms with Gasteiger partial charge < -0.3 is 10.2 Å². The number of halogens is 4. The van der Waals surface area contributed by atoms with Crippen LogP contribution in [0, 0.1) is 0 Å². The Hall–Kier alpha value is -1.14. The van der Waals surface area contributed by atoms with Crippen LogP contribution < -0.4 is 0 Å². The van der Waals surface area contributed by atoms with Crippen molar-refractivity contribution >= 4 is 0 Å². The molecule has 6 heteroatoms. The molecule has 0 aromatic heterocycles. The topological polar surface area (TPSA) is 40.5 Å². The van der Waals surface area contributed by atoms with E-state index in [0.717, 1.165) is 12.1 Å². The Labute approximate surface area is 102 Å². The molecular weight excluding hydrogens is 252 g/mol. The van der Waals surface area contributed by atoms with Crippen molar-refractivity contribution in [2.75, 3.05) is 0 Å². The van der Waals surface area contributed by atoms with Gasteiger partial charge in [-0.25, -0.2) is 4.39 Å². The molecule has 0 radical (unpaired) electrons. The highest BCUT2D eigenvalue weighted by Gasteiger charge is 2.67. The van der Waals surface area contributed by atoms with E-state index >= 15 is 0 Å². The van der Waals surface area contributed by atoms with E-state index in [1.165, 1.54) is 25.1 Å². The van der Waals surface area contributed by atoms with Gasteiger partial charge in [0.1, 0.15) is 0 Å². The van der Waals surface area contributed by atoms with Crippen LogP contribution in [0.4, 0.5) is 17.6 Å². The average Bonchev–Trinajstić information content (AvgIpc) is 2.28. The monoisotopic (exact) mass is 266 g/mol. The maximum atomic E-state index is 14.6. The van der Waals surface area contributed by atoms with E-state index in [0.29, 0.717) is 0 Å². The van der Waals surface area contributed by atoms with E-state index in [-0.39, 0.29) is 6.42 Å². The zero-order valence-electron chi connectivity index (χ0n) is 9.71. The van der Waals surface area contributed by atoms with E-state index in [1.807, 2.05) is 0 Å². The van der Waals surface area contributed by atoms with Crippen LogP contribution in [0.5, 0.6) is 0 Å². The first-order chi connectivity index (χ1) is 8.17. The molecule has 2 N–H and O–H groups in total. The van der Waals surface area contributed by atoms with Gasteiger partial charge in [-0.2, -0.15) is 13.2 Å². The Kier molecular flexibility index (Phi) is 4.02. The minimum Gasteiger partial charge on any atom is -0.356 e. The molecule has 1 aromatic rings. The van der Waals surface area contributed by atoms with Crippen molar-refractivity contribution in [2.45, 2.75) is 37.4 Å². The number of hydrogen-bond donors (Lipinski definition) is 2. The predicted molar refractivity (Wildman–Crippen MR) is 57.4 cm³/mol. The fraction of sp³-hybridized carbons (Fsp3) is 0.500. The average molecular weight is 266 g/mol. The normalized spacial score (nSPS) is 16.4. The molecule has 0 saturated carbocycles. The molecule has 0 aliphatic carbocycles. The van der Waals surface area contributed by atoms with E-state index in [9.17, 15) is 27.8 Å². The molecule has 102 valence electrons.